The number of amides is 2. The van der Waals surface area contributed by atoms with Crippen LogP contribution in [0.1, 0.15) is 16.8 Å². The number of halogens is 1. The van der Waals surface area contributed by atoms with Gasteiger partial charge in [-0.25, -0.2) is 4.79 Å². The molecule has 4 N–H and O–H groups in total. The molecule has 0 aromatic heterocycles. The highest BCUT2D eigenvalue weighted by atomic mass is 35.5. The van der Waals surface area contributed by atoms with Gasteiger partial charge in [-0.1, -0.05) is 23.7 Å². The summed E-state index contributed by atoms with van der Waals surface area (Å²) in [7, 11) is 1.59. The molecule has 3 unspecified atom stereocenters. The highest BCUT2D eigenvalue weighted by Gasteiger charge is 2.42. The predicted octanol–water partition coefficient (Wildman–Crippen LogP) is 1.57. The van der Waals surface area contributed by atoms with Gasteiger partial charge in [0.05, 0.1) is 30.7 Å². The Morgan fingerprint density at radius 1 is 1.24 bits per heavy atom. The van der Waals surface area contributed by atoms with E-state index in [0.717, 1.165) is 0 Å². The molecule has 0 spiro atoms. The number of likely N-dealkylation sites (N-methyl/N-ethyl adjacent to an activating group) is 1. The summed E-state index contributed by atoms with van der Waals surface area (Å²) in [6, 6.07) is 11.3. The second-order valence-electron chi connectivity index (χ2n) is 8.36. The summed E-state index contributed by atoms with van der Waals surface area (Å²) in [6.07, 6.45) is 0.439. The Kier molecular flexibility index (Phi) is 7.35. The van der Waals surface area contributed by atoms with Crippen LogP contribution < -0.4 is 20.7 Å². The summed E-state index contributed by atoms with van der Waals surface area (Å²) >= 11 is 6.19. The largest absolute Gasteiger partial charge is 0.491 e. The third-order valence-corrected chi connectivity index (χ3v) is 6.51. The molecule has 2 aliphatic rings. The second-order valence-corrected chi connectivity index (χ2v) is 8.80. The number of carboxylic acids is 1. The van der Waals surface area contributed by atoms with E-state index >= 15 is 0 Å². The molecular formula is C24H27ClN4O5. The van der Waals surface area contributed by atoms with E-state index in [0.29, 0.717) is 48.1 Å². The summed E-state index contributed by atoms with van der Waals surface area (Å²) in [6.45, 7) is 1.58. The van der Waals surface area contributed by atoms with Crippen molar-refractivity contribution >= 4 is 29.4 Å². The lowest BCUT2D eigenvalue weighted by molar-refractivity contribution is -0.143. The van der Waals surface area contributed by atoms with Crippen LogP contribution in [0.3, 0.4) is 0 Å². The van der Waals surface area contributed by atoms with E-state index in [9.17, 15) is 19.5 Å². The molecule has 2 amide bonds. The summed E-state index contributed by atoms with van der Waals surface area (Å²) in [5, 5.41) is 19.0. The van der Waals surface area contributed by atoms with Gasteiger partial charge in [0.25, 0.3) is 0 Å². The molecule has 2 aromatic rings. The van der Waals surface area contributed by atoms with Crippen molar-refractivity contribution in [3.63, 3.8) is 0 Å². The van der Waals surface area contributed by atoms with Gasteiger partial charge >= 0.3 is 5.97 Å². The number of carbonyl (C=O) groups excluding carboxylic acids is 2. The van der Waals surface area contributed by atoms with Crippen LogP contribution in [0.2, 0.25) is 5.02 Å². The third kappa shape index (κ3) is 5.16. The molecule has 2 heterocycles. The molecule has 3 atom stereocenters. The summed E-state index contributed by atoms with van der Waals surface area (Å²) in [5.74, 6) is -0.856. The molecule has 0 bridgehead atoms. The highest BCUT2D eigenvalue weighted by Crippen LogP contribution is 2.33. The normalized spacial score (nSPS) is 22.1. The fraction of sp³-hybridized carbons (Fsp3) is 0.375. The van der Waals surface area contributed by atoms with Crippen molar-refractivity contribution < 1.29 is 24.2 Å². The van der Waals surface area contributed by atoms with E-state index in [1.807, 2.05) is 0 Å². The van der Waals surface area contributed by atoms with Crippen LogP contribution in [0.25, 0.3) is 11.1 Å². The van der Waals surface area contributed by atoms with Crippen LogP contribution in [-0.2, 0) is 9.59 Å². The van der Waals surface area contributed by atoms with Gasteiger partial charge in [0.15, 0.2) is 0 Å². The van der Waals surface area contributed by atoms with Gasteiger partial charge in [-0.3, -0.25) is 14.9 Å². The van der Waals surface area contributed by atoms with Crippen molar-refractivity contribution in [3.8, 4) is 16.9 Å². The van der Waals surface area contributed by atoms with Gasteiger partial charge in [-0.15, -0.1) is 0 Å². The number of fused-ring (bicyclic) bond motifs is 1. The van der Waals surface area contributed by atoms with Crippen molar-refractivity contribution in [2.45, 2.75) is 18.5 Å². The first-order valence-corrected chi connectivity index (χ1v) is 11.5. The minimum Gasteiger partial charge on any atom is -0.491 e. The van der Waals surface area contributed by atoms with E-state index < -0.39 is 5.97 Å². The van der Waals surface area contributed by atoms with Crippen molar-refractivity contribution in [3.05, 3.63) is 53.1 Å². The molecule has 2 saturated heterocycles. The minimum atomic E-state index is -1.02. The third-order valence-electron chi connectivity index (χ3n) is 6.28. The fourth-order valence-corrected chi connectivity index (χ4v) is 4.61. The first-order chi connectivity index (χ1) is 16.4. The Labute approximate surface area is 202 Å². The number of piperidine rings is 1. The monoisotopic (exact) mass is 486 g/mol. The lowest BCUT2D eigenvalue weighted by Gasteiger charge is -2.43. The Morgan fingerprint density at radius 3 is 2.82 bits per heavy atom. The second kappa shape index (κ2) is 10.4. The molecule has 2 fully saturated rings. The molecular weight excluding hydrogens is 460 g/mol. The smallest absolute Gasteiger partial charge is 0.335 e. The van der Waals surface area contributed by atoms with Crippen molar-refractivity contribution in [2.24, 2.45) is 5.92 Å². The number of ether oxygens (including phenoxy) is 1. The standard InChI is InChI=1S/C24H27ClN4O5/c1-26-22(30)19-11-18-20(12-27-19)28-13-29(23(18)31)7-8-34-21-6-5-16(25)10-17(21)14-3-2-4-15(9-14)24(32)33/h2-6,9-10,18-20,27-28H,7-8,11-13H2,1H3,(H,26,30)(H,32,33). The number of hydrogen-bond donors (Lipinski definition) is 4. The molecule has 2 aliphatic heterocycles. The van der Waals surface area contributed by atoms with Crippen LogP contribution in [-0.4, -0.2) is 73.3 Å². The molecule has 34 heavy (non-hydrogen) atoms. The topological polar surface area (TPSA) is 120 Å². The summed E-state index contributed by atoms with van der Waals surface area (Å²) in [5.41, 5.74) is 1.51. The highest BCUT2D eigenvalue weighted by molar-refractivity contribution is 6.31. The molecule has 0 aliphatic carbocycles. The molecule has 0 saturated carbocycles. The zero-order chi connectivity index (χ0) is 24.2. The fourth-order valence-electron chi connectivity index (χ4n) is 4.44. The Morgan fingerprint density at radius 2 is 2.06 bits per heavy atom. The van der Waals surface area contributed by atoms with Gasteiger partial charge in [0, 0.05) is 30.2 Å². The van der Waals surface area contributed by atoms with Gasteiger partial charge in [-0.05, 0) is 42.3 Å². The maximum absolute atomic E-state index is 13.1. The SMILES string of the molecule is CNC(=O)C1CC2C(=O)N(CCOc3ccc(Cl)cc3-c3cccc(C(=O)O)c3)CNC2CN1. The maximum Gasteiger partial charge on any atom is 0.335 e. The lowest BCUT2D eigenvalue weighted by Crippen LogP contribution is -2.66. The number of nitrogens with zero attached hydrogens (tertiary/aromatic N) is 1. The molecule has 9 nitrogen and oxygen atoms in total. The van der Waals surface area contributed by atoms with E-state index in [1.165, 1.54) is 6.07 Å². The van der Waals surface area contributed by atoms with Gasteiger partial charge in [0.2, 0.25) is 11.8 Å². The zero-order valence-electron chi connectivity index (χ0n) is 18.7. The number of benzene rings is 2. The number of nitrogens with one attached hydrogen (secondary N) is 3. The van der Waals surface area contributed by atoms with E-state index in [1.54, 1.807) is 48.3 Å². The Bertz CT molecular complexity index is 1090. The first-order valence-electron chi connectivity index (χ1n) is 11.1. The molecule has 4 rings (SSSR count). The Hall–Kier alpha value is -3.14. The van der Waals surface area contributed by atoms with E-state index in [4.69, 9.17) is 16.3 Å². The number of rotatable bonds is 7. The number of carbonyl (C=O) groups is 3. The van der Waals surface area contributed by atoms with E-state index in [2.05, 4.69) is 16.0 Å². The van der Waals surface area contributed by atoms with Crippen molar-refractivity contribution in [1.29, 1.82) is 0 Å². The van der Waals surface area contributed by atoms with Crippen molar-refractivity contribution in [1.82, 2.24) is 20.9 Å². The van der Waals surface area contributed by atoms with Gasteiger partial charge in [0.1, 0.15) is 12.4 Å². The minimum absolute atomic E-state index is 0.00467. The molecule has 10 heteroatoms. The van der Waals surface area contributed by atoms with Crippen LogP contribution >= 0.6 is 11.6 Å². The summed E-state index contributed by atoms with van der Waals surface area (Å²) in [4.78, 5) is 38.2. The predicted molar refractivity (Wildman–Crippen MR) is 127 cm³/mol. The maximum atomic E-state index is 13.1. The van der Waals surface area contributed by atoms with Crippen molar-refractivity contribution in [2.75, 3.05) is 33.4 Å². The molecule has 0 radical (unpaired) electrons. The average molecular weight is 487 g/mol. The molecule has 180 valence electrons. The lowest BCUT2D eigenvalue weighted by atomic mass is 9.85. The zero-order valence-corrected chi connectivity index (χ0v) is 19.5. The Balaban J connectivity index is 1.42. The number of carboxylic acid groups (broad SMARTS) is 1. The molecule has 2 aromatic carbocycles. The van der Waals surface area contributed by atoms with Crippen LogP contribution in [0.5, 0.6) is 5.75 Å². The number of hydrogen-bond acceptors (Lipinski definition) is 6. The van der Waals surface area contributed by atoms with Crippen LogP contribution in [0.15, 0.2) is 42.5 Å². The van der Waals surface area contributed by atoms with Gasteiger partial charge in [-0.2, -0.15) is 0 Å². The van der Waals surface area contributed by atoms with Gasteiger partial charge < -0.3 is 25.4 Å². The quantitative estimate of drug-likeness (QED) is 0.469. The van der Waals surface area contributed by atoms with E-state index in [-0.39, 0.29) is 42.0 Å². The first kappa shape index (κ1) is 24.0. The van der Waals surface area contributed by atoms with Crippen LogP contribution in [0.4, 0.5) is 0 Å². The average Bonchev–Trinajstić information content (AvgIpc) is 2.85. The summed E-state index contributed by atoms with van der Waals surface area (Å²) < 4.78 is 6.01. The van der Waals surface area contributed by atoms with Crippen LogP contribution in [0, 0.1) is 5.92 Å². The number of aromatic carboxylic acids is 1.